The molecule has 0 aliphatic heterocycles. The van der Waals surface area contributed by atoms with E-state index in [9.17, 15) is 4.79 Å². The van der Waals surface area contributed by atoms with Crippen LogP contribution in [0.5, 0.6) is 0 Å². The first-order valence-corrected chi connectivity index (χ1v) is 5.36. The largest absolute Gasteiger partial charge is 0.461 e. The molecule has 0 bridgehead atoms. The number of hydrogen-bond acceptors (Lipinski definition) is 2. The standard InChI is InChI=1S/C13H11ClO2/c1-9-4-5-10(11(14)7-9)8-12(15)13-3-2-6-16-13/h2-7H,8H2,1H3. The molecule has 82 valence electrons. The molecular formula is C13H11ClO2. The first kappa shape index (κ1) is 11.0. The smallest absolute Gasteiger partial charge is 0.202 e. The van der Waals surface area contributed by atoms with Crippen LogP contribution in [0.3, 0.4) is 0 Å². The summed E-state index contributed by atoms with van der Waals surface area (Å²) in [6.45, 7) is 1.96. The number of furan rings is 1. The average Bonchev–Trinajstić information content (AvgIpc) is 2.75. The molecule has 16 heavy (non-hydrogen) atoms. The van der Waals surface area contributed by atoms with Crippen molar-refractivity contribution >= 4 is 17.4 Å². The first-order valence-electron chi connectivity index (χ1n) is 4.98. The molecule has 0 N–H and O–H groups in total. The van der Waals surface area contributed by atoms with Crippen molar-refractivity contribution in [3.8, 4) is 0 Å². The average molecular weight is 235 g/mol. The second-order valence-electron chi connectivity index (χ2n) is 3.67. The summed E-state index contributed by atoms with van der Waals surface area (Å²) >= 11 is 6.05. The third kappa shape index (κ3) is 2.34. The van der Waals surface area contributed by atoms with Gasteiger partial charge < -0.3 is 4.42 Å². The SMILES string of the molecule is Cc1ccc(CC(=O)c2ccco2)c(Cl)c1. The Kier molecular flexibility index (Phi) is 3.11. The summed E-state index contributed by atoms with van der Waals surface area (Å²) in [6.07, 6.45) is 1.76. The Bertz CT molecular complexity index is 501. The molecule has 0 radical (unpaired) electrons. The molecule has 1 aromatic carbocycles. The Morgan fingerprint density at radius 3 is 2.81 bits per heavy atom. The zero-order valence-electron chi connectivity index (χ0n) is 8.87. The minimum atomic E-state index is -0.0595. The van der Waals surface area contributed by atoms with E-state index in [-0.39, 0.29) is 12.2 Å². The number of rotatable bonds is 3. The van der Waals surface area contributed by atoms with Crippen LogP contribution >= 0.6 is 11.6 Å². The van der Waals surface area contributed by atoms with E-state index in [2.05, 4.69) is 0 Å². The second kappa shape index (κ2) is 4.54. The van der Waals surface area contributed by atoms with Crippen molar-refractivity contribution in [3.63, 3.8) is 0 Å². The van der Waals surface area contributed by atoms with Crippen molar-refractivity contribution in [3.05, 3.63) is 58.5 Å². The van der Waals surface area contributed by atoms with Crippen LogP contribution in [0.15, 0.2) is 41.0 Å². The van der Waals surface area contributed by atoms with Crippen LogP contribution in [0.1, 0.15) is 21.7 Å². The zero-order chi connectivity index (χ0) is 11.5. The van der Waals surface area contributed by atoms with Gasteiger partial charge in [-0.3, -0.25) is 4.79 Å². The van der Waals surface area contributed by atoms with Gasteiger partial charge >= 0.3 is 0 Å². The van der Waals surface area contributed by atoms with Gasteiger partial charge in [-0.25, -0.2) is 0 Å². The Hall–Kier alpha value is -1.54. The molecule has 0 fully saturated rings. The fourth-order valence-corrected chi connectivity index (χ4v) is 1.79. The van der Waals surface area contributed by atoms with Gasteiger partial charge in [0.1, 0.15) is 0 Å². The topological polar surface area (TPSA) is 30.2 Å². The van der Waals surface area contributed by atoms with Gasteiger partial charge in [-0.2, -0.15) is 0 Å². The Morgan fingerprint density at radius 1 is 1.38 bits per heavy atom. The van der Waals surface area contributed by atoms with E-state index < -0.39 is 0 Å². The van der Waals surface area contributed by atoms with Crippen molar-refractivity contribution in [2.45, 2.75) is 13.3 Å². The van der Waals surface area contributed by atoms with Gasteiger partial charge in [0.2, 0.25) is 5.78 Å². The van der Waals surface area contributed by atoms with E-state index >= 15 is 0 Å². The lowest BCUT2D eigenvalue weighted by molar-refractivity contribution is 0.0966. The maximum Gasteiger partial charge on any atom is 0.202 e. The van der Waals surface area contributed by atoms with Gasteiger partial charge in [0.25, 0.3) is 0 Å². The van der Waals surface area contributed by atoms with E-state index in [1.807, 2.05) is 25.1 Å². The van der Waals surface area contributed by atoms with E-state index in [4.69, 9.17) is 16.0 Å². The second-order valence-corrected chi connectivity index (χ2v) is 4.08. The third-order valence-corrected chi connectivity index (χ3v) is 2.71. The van der Waals surface area contributed by atoms with Crippen LogP contribution in [0.25, 0.3) is 0 Å². The van der Waals surface area contributed by atoms with E-state index in [0.29, 0.717) is 10.8 Å². The van der Waals surface area contributed by atoms with Gasteiger partial charge in [-0.1, -0.05) is 23.7 Å². The molecule has 2 nitrogen and oxygen atoms in total. The first-order chi connectivity index (χ1) is 7.66. The highest BCUT2D eigenvalue weighted by Gasteiger charge is 2.11. The quantitative estimate of drug-likeness (QED) is 0.759. The third-order valence-electron chi connectivity index (χ3n) is 2.36. The van der Waals surface area contributed by atoms with Crippen molar-refractivity contribution < 1.29 is 9.21 Å². The molecule has 0 atom stereocenters. The molecule has 0 saturated carbocycles. The Morgan fingerprint density at radius 2 is 2.19 bits per heavy atom. The molecule has 0 aliphatic rings. The van der Waals surface area contributed by atoms with Crippen LogP contribution in [0, 0.1) is 6.92 Å². The molecule has 2 aromatic rings. The normalized spacial score (nSPS) is 10.4. The van der Waals surface area contributed by atoms with Crippen LogP contribution in [-0.2, 0) is 6.42 Å². The summed E-state index contributed by atoms with van der Waals surface area (Å²) in [5.41, 5.74) is 1.91. The zero-order valence-corrected chi connectivity index (χ0v) is 9.62. The summed E-state index contributed by atoms with van der Waals surface area (Å²) in [4.78, 5) is 11.8. The van der Waals surface area contributed by atoms with Crippen molar-refractivity contribution in [2.24, 2.45) is 0 Å². The Labute approximate surface area is 98.8 Å². The molecule has 0 spiro atoms. The van der Waals surface area contributed by atoms with E-state index in [1.54, 1.807) is 12.1 Å². The van der Waals surface area contributed by atoms with E-state index in [1.165, 1.54) is 6.26 Å². The highest BCUT2D eigenvalue weighted by molar-refractivity contribution is 6.31. The molecule has 0 amide bonds. The summed E-state index contributed by atoms with van der Waals surface area (Å²) in [5.74, 6) is 0.312. The summed E-state index contributed by atoms with van der Waals surface area (Å²) in [5, 5.41) is 0.625. The molecule has 3 heteroatoms. The maximum atomic E-state index is 11.8. The molecule has 1 heterocycles. The van der Waals surface area contributed by atoms with Gasteiger partial charge in [0.15, 0.2) is 5.76 Å². The fraction of sp³-hybridized carbons (Fsp3) is 0.154. The number of ketones is 1. The molecule has 0 saturated heterocycles. The summed E-state index contributed by atoms with van der Waals surface area (Å²) in [6, 6.07) is 9.02. The number of benzene rings is 1. The number of carbonyl (C=O) groups excluding carboxylic acids is 1. The van der Waals surface area contributed by atoms with Crippen LogP contribution in [0.4, 0.5) is 0 Å². The van der Waals surface area contributed by atoms with Gasteiger partial charge in [-0.15, -0.1) is 0 Å². The molecule has 1 aromatic heterocycles. The van der Waals surface area contributed by atoms with Crippen LogP contribution in [0.2, 0.25) is 5.02 Å². The lowest BCUT2D eigenvalue weighted by atomic mass is 10.1. The number of halogens is 1. The van der Waals surface area contributed by atoms with Crippen LogP contribution < -0.4 is 0 Å². The van der Waals surface area contributed by atoms with Crippen molar-refractivity contribution in [1.82, 2.24) is 0 Å². The number of hydrogen-bond donors (Lipinski definition) is 0. The monoisotopic (exact) mass is 234 g/mol. The molecular weight excluding hydrogens is 224 g/mol. The van der Waals surface area contributed by atoms with Gasteiger partial charge in [0, 0.05) is 11.4 Å². The molecule has 0 unspecified atom stereocenters. The van der Waals surface area contributed by atoms with Crippen molar-refractivity contribution in [2.75, 3.05) is 0 Å². The van der Waals surface area contributed by atoms with Crippen LogP contribution in [-0.4, -0.2) is 5.78 Å². The fourth-order valence-electron chi connectivity index (χ4n) is 1.49. The lowest BCUT2D eigenvalue weighted by Crippen LogP contribution is -2.02. The van der Waals surface area contributed by atoms with Gasteiger partial charge in [-0.05, 0) is 36.2 Å². The predicted octanol–water partition coefficient (Wildman–Crippen LogP) is 3.67. The lowest BCUT2D eigenvalue weighted by Gasteiger charge is -2.03. The Balaban J connectivity index is 2.18. The summed E-state index contributed by atoms with van der Waals surface area (Å²) in [7, 11) is 0. The number of aryl methyl sites for hydroxylation is 1. The highest BCUT2D eigenvalue weighted by Crippen LogP contribution is 2.19. The molecule has 2 rings (SSSR count). The maximum absolute atomic E-state index is 11.8. The number of Topliss-reactive ketones (excluding diaryl/α,β-unsaturated/α-hetero) is 1. The minimum Gasteiger partial charge on any atom is -0.461 e. The van der Waals surface area contributed by atoms with Crippen molar-refractivity contribution in [1.29, 1.82) is 0 Å². The summed E-state index contributed by atoms with van der Waals surface area (Å²) < 4.78 is 5.04. The predicted molar refractivity (Wildman–Crippen MR) is 62.9 cm³/mol. The molecule has 0 aliphatic carbocycles. The van der Waals surface area contributed by atoms with Gasteiger partial charge in [0.05, 0.1) is 6.26 Å². The van der Waals surface area contributed by atoms with E-state index in [0.717, 1.165) is 11.1 Å². The highest BCUT2D eigenvalue weighted by atomic mass is 35.5. The number of carbonyl (C=O) groups is 1. The minimum absolute atomic E-state index is 0.0595.